The molecule has 0 fully saturated rings. The summed E-state index contributed by atoms with van der Waals surface area (Å²) in [6, 6.07) is 8.60. The average molecular weight is 387 g/mol. The van der Waals surface area contributed by atoms with Crippen molar-refractivity contribution >= 4 is 34.4 Å². The van der Waals surface area contributed by atoms with Crippen molar-refractivity contribution in [2.75, 3.05) is 7.11 Å². The van der Waals surface area contributed by atoms with E-state index in [-0.39, 0.29) is 17.9 Å². The van der Waals surface area contributed by atoms with E-state index < -0.39 is 5.91 Å². The highest BCUT2D eigenvalue weighted by atomic mass is 35.5. The Morgan fingerprint density at radius 2 is 1.85 bits per heavy atom. The van der Waals surface area contributed by atoms with E-state index in [1.165, 1.54) is 13.2 Å². The second-order valence-corrected chi connectivity index (χ2v) is 6.65. The molecule has 6 nitrogen and oxygen atoms in total. The maximum absolute atomic E-state index is 12.3. The smallest absolute Gasteiger partial charge is 0.273 e. The van der Waals surface area contributed by atoms with E-state index in [2.05, 4.69) is 10.9 Å². The molecule has 0 unspecified atom stereocenters. The molecule has 0 aliphatic heterocycles. The van der Waals surface area contributed by atoms with Gasteiger partial charge in [-0.05, 0) is 55.3 Å². The van der Waals surface area contributed by atoms with Gasteiger partial charge in [0.1, 0.15) is 11.3 Å². The highest BCUT2D eigenvalue weighted by Crippen LogP contribution is 2.25. The third kappa shape index (κ3) is 4.06. The van der Waals surface area contributed by atoms with Crippen LogP contribution in [0.3, 0.4) is 0 Å². The molecule has 0 saturated carbocycles. The first-order valence-electron chi connectivity index (χ1n) is 8.29. The number of methoxy groups -OCH3 is 1. The fourth-order valence-corrected chi connectivity index (χ4v) is 2.91. The van der Waals surface area contributed by atoms with Crippen molar-refractivity contribution in [3.05, 3.63) is 63.9 Å². The number of halogens is 1. The Bertz CT molecular complexity index is 1030. The number of amides is 2. The molecule has 0 aliphatic rings. The first-order chi connectivity index (χ1) is 12.9. The van der Waals surface area contributed by atoms with E-state index in [0.29, 0.717) is 10.8 Å². The third-order valence-corrected chi connectivity index (χ3v) is 4.58. The van der Waals surface area contributed by atoms with E-state index in [9.17, 15) is 9.59 Å². The van der Waals surface area contributed by atoms with Gasteiger partial charge in [-0.25, -0.2) is 0 Å². The van der Waals surface area contributed by atoms with E-state index in [0.717, 1.165) is 27.7 Å². The Morgan fingerprint density at radius 3 is 2.59 bits per heavy atom. The summed E-state index contributed by atoms with van der Waals surface area (Å²) in [5.74, 6) is -0.533. The molecule has 0 radical (unpaired) electrons. The monoisotopic (exact) mass is 386 g/mol. The Balaban J connectivity index is 1.68. The van der Waals surface area contributed by atoms with Gasteiger partial charge in [0, 0.05) is 16.0 Å². The Morgan fingerprint density at radius 1 is 1.11 bits per heavy atom. The maximum Gasteiger partial charge on any atom is 0.273 e. The van der Waals surface area contributed by atoms with Crippen LogP contribution >= 0.6 is 11.6 Å². The van der Waals surface area contributed by atoms with Crippen LogP contribution in [0.1, 0.15) is 27.0 Å². The normalized spacial score (nSPS) is 10.7. The summed E-state index contributed by atoms with van der Waals surface area (Å²) in [5, 5.41) is 1.28. The number of rotatable bonds is 4. The lowest BCUT2D eigenvalue weighted by molar-refractivity contribution is -0.121. The number of fused-ring (bicyclic) bond motifs is 1. The summed E-state index contributed by atoms with van der Waals surface area (Å²) < 4.78 is 10.7. The van der Waals surface area contributed by atoms with Gasteiger partial charge in [-0.15, -0.1) is 0 Å². The van der Waals surface area contributed by atoms with Gasteiger partial charge in [-0.1, -0.05) is 11.6 Å². The topological polar surface area (TPSA) is 80.6 Å². The van der Waals surface area contributed by atoms with Crippen molar-refractivity contribution in [3.63, 3.8) is 0 Å². The van der Waals surface area contributed by atoms with Gasteiger partial charge < -0.3 is 9.15 Å². The Kier molecular flexibility index (Phi) is 5.37. The number of ether oxygens (including phenoxy) is 1. The molecule has 2 aromatic carbocycles. The van der Waals surface area contributed by atoms with Gasteiger partial charge in [-0.2, -0.15) is 0 Å². The van der Waals surface area contributed by atoms with Crippen LogP contribution in [0.4, 0.5) is 0 Å². The molecule has 1 heterocycles. The molecule has 0 bridgehead atoms. The molecule has 2 amide bonds. The van der Waals surface area contributed by atoms with Crippen LogP contribution in [-0.2, 0) is 11.2 Å². The van der Waals surface area contributed by atoms with Gasteiger partial charge in [0.05, 0.1) is 25.4 Å². The zero-order valence-electron chi connectivity index (χ0n) is 15.2. The standard InChI is InChI=1S/C20H19ClN2O4/c1-11-6-15-13(10-27-18(15)7-12(11)2)8-19(24)22-23-20(25)16-9-14(21)4-5-17(16)26-3/h4-7,9-10H,8H2,1-3H3,(H,22,24)(H,23,25). The quantitative estimate of drug-likeness (QED) is 0.670. The van der Waals surface area contributed by atoms with Crippen molar-refractivity contribution in [2.45, 2.75) is 20.3 Å². The summed E-state index contributed by atoms with van der Waals surface area (Å²) in [4.78, 5) is 24.5. The first-order valence-corrected chi connectivity index (χ1v) is 8.67. The molecule has 2 N–H and O–H groups in total. The number of carbonyl (C=O) groups excluding carboxylic acids is 2. The minimum atomic E-state index is -0.522. The van der Waals surface area contributed by atoms with Crippen molar-refractivity contribution in [2.24, 2.45) is 0 Å². The fourth-order valence-electron chi connectivity index (χ4n) is 2.74. The van der Waals surface area contributed by atoms with Crippen LogP contribution in [0.5, 0.6) is 5.75 Å². The van der Waals surface area contributed by atoms with E-state index in [1.54, 1.807) is 18.4 Å². The first kappa shape index (κ1) is 18.8. The molecule has 3 rings (SSSR count). The molecule has 0 atom stereocenters. The zero-order valence-corrected chi connectivity index (χ0v) is 15.9. The number of hydrogen-bond acceptors (Lipinski definition) is 4. The van der Waals surface area contributed by atoms with Crippen molar-refractivity contribution in [3.8, 4) is 5.75 Å². The minimum absolute atomic E-state index is 0.0719. The van der Waals surface area contributed by atoms with Gasteiger partial charge in [0.2, 0.25) is 5.91 Å². The summed E-state index contributed by atoms with van der Waals surface area (Å²) in [7, 11) is 1.45. The Labute approximate surface area is 161 Å². The lowest BCUT2D eigenvalue weighted by atomic mass is 10.0. The molecular formula is C20H19ClN2O4. The van der Waals surface area contributed by atoms with Crippen LogP contribution in [0.25, 0.3) is 11.0 Å². The predicted octanol–water partition coefficient (Wildman–Crippen LogP) is 3.72. The SMILES string of the molecule is COc1ccc(Cl)cc1C(=O)NNC(=O)Cc1coc2cc(C)c(C)cc12. The lowest BCUT2D eigenvalue weighted by Crippen LogP contribution is -2.42. The van der Waals surface area contributed by atoms with Crippen LogP contribution in [0.15, 0.2) is 41.0 Å². The summed E-state index contributed by atoms with van der Waals surface area (Å²) >= 11 is 5.92. The van der Waals surface area contributed by atoms with Crippen LogP contribution < -0.4 is 15.6 Å². The van der Waals surface area contributed by atoms with Crippen molar-refractivity contribution in [1.29, 1.82) is 0 Å². The largest absolute Gasteiger partial charge is 0.496 e. The van der Waals surface area contributed by atoms with E-state index in [1.807, 2.05) is 26.0 Å². The van der Waals surface area contributed by atoms with Gasteiger partial charge in [-0.3, -0.25) is 20.4 Å². The fraction of sp³-hybridized carbons (Fsp3) is 0.200. The number of hydrogen-bond donors (Lipinski definition) is 2. The Hall–Kier alpha value is -2.99. The van der Waals surface area contributed by atoms with E-state index in [4.69, 9.17) is 20.8 Å². The second kappa shape index (κ2) is 7.72. The van der Waals surface area contributed by atoms with Crippen LogP contribution in [0.2, 0.25) is 5.02 Å². The van der Waals surface area contributed by atoms with E-state index >= 15 is 0 Å². The summed E-state index contributed by atoms with van der Waals surface area (Å²) in [6.07, 6.45) is 1.63. The molecule has 0 spiro atoms. The summed E-state index contributed by atoms with van der Waals surface area (Å²) in [5.41, 5.74) is 8.72. The summed E-state index contributed by atoms with van der Waals surface area (Å²) in [6.45, 7) is 4.01. The van der Waals surface area contributed by atoms with Crippen molar-refractivity contribution in [1.82, 2.24) is 10.9 Å². The minimum Gasteiger partial charge on any atom is -0.496 e. The number of nitrogens with one attached hydrogen (secondary N) is 2. The number of carbonyl (C=O) groups is 2. The second-order valence-electron chi connectivity index (χ2n) is 6.22. The molecule has 0 saturated heterocycles. The molecule has 27 heavy (non-hydrogen) atoms. The molecular weight excluding hydrogens is 368 g/mol. The zero-order chi connectivity index (χ0) is 19.6. The van der Waals surface area contributed by atoms with Crippen molar-refractivity contribution < 1.29 is 18.7 Å². The third-order valence-electron chi connectivity index (χ3n) is 4.34. The molecule has 7 heteroatoms. The lowest BCUT2D eigenvalue weighted by Gasteiger charge is -2.10. The van der Waals surface area contributed by atoms with Crippen LogP contribution in [-0.4, -0.2) is 18.9 Å². The van der Waals surface area contributed by atoms with Crippen LogP contribution in [0, 0.1) is 13.8 Å². The predicted molar refractivity (Wildman–Crippen MR) is 103 cm³/mol. The number of hydrazine groups is 1. The molecule has 1 aromatic heterocycles. The number of benzene rings is 2. The molecule has 140 valence electrons. The number of furan rings is 1. The molecule has 0 aliphatic carbocycles. The highest BCUT2D eigenvalue weighted by molar-refractivity contribution is 6.31. The van der Waals surface area contributed by atoms with Gasteiger partial charge in [0.15, 0.2) is 0 Å². The highest BCUT2D eigenvalue weighted by Gasteiger charge is 2.15. The number of aryl methyl sites for hydroxylation is 2. The van der Waals surface area contributed by atoms with Gasteiger partial charge in [0.25, 0.3) is 5.91 Å². The average Bonchev–Trinajstić information content (AvgIpc) is 3.01. The van der Waals surface area contributed by atoms with Gasteiger partial charge >= 0.3 is 0 Å². The molecule has 3 aromatic rings. The maximum atomic E-state index is 12.3.